The quantitative estimate of drug-likeness (QED) is 0.569. The molecule has 0 aliphatic heterocycles. The van der Waals surface area contributed by atoms with Crippen molar-refractivity contribution in [2.24, 2.45) is 0 Å². The molecular formula is C20H17N5O3. The first kappa shape index (κ1) is 17.6. The SMILES string of the molecule is CCCn1c(=O)[nH]c(=O)c2cc(C(=O)Nc3ccc4ncccc4c3)cnc21. The molecule has 0 saturated heterocycles. The van der Waals surface area contributed by atoms with E-state index in [9.17, 15) is 14.4 Å². The fraction of sp³-hybridized carbons (Fsp3) is 0.150. The highest BCUT2D eigenvalue weighted by molar-refractivity contribution is 6.06. The summed E-state index contributed by atoms with van der Waals surface area (Å²) in [6.07, 6.45) is 3.78. The maximum Gasteiger partial charge on any atom is 0.329 e. The van der Waals surface area contributed by atoms with Crippen molar-refractivity contribution in [3.05, 3.63) is 75.2 Å². The number of nitrogens with one attached hydrogen (secondary N) is 2. The van der Waals surface area contributed by atoms with Crippen LogP contribution in [0.4, 0.5) is 5.69 Å². The van der Waals surface area contributed by atoms with Gasteiger partial charge in [0, 0.05) is 30.0 Å². The molecule has 0 aliphatic rings. The Morgan fingerprint density at radius 1 is 1.18 bits per heavy atom. The zero-order chi connectivity index (χ0) is 19.7. The van der Waals surface area contributed by atoms with E-state index in [-0.39, 0.29) is 16.6 Å². The van der Waals surface area contributed by atoms with Gasteiger partial charge in [-0.15, -0.1) is 0 Å². The predicted molar refractivity (Wildman–Crippen MR) is 107 cm³/mol. The van der Waals surface area contributed by atoms with Gasteiger partial charge in [0.25, 0.3) is 11.5 Å². The van der Waals surface area contributed by atoms with Crippen LogP contribution in [0.1, 0.15) is 23.7 Å². The second-order valence-corrected chi connectivity index (χ2v) is 6.37. The molecule has 4 aromatic rings. The van der Waals surface area contributed by atoms with Crippen molar-refractivity contribution in [2.75, 3.05) is 5.32 Å². The molecule has 1 amide bonds. The van der Waals surface area contributed by atoms with Crippen LogP contribution >= 0.6 is 0 Å². The van der Waals surface area contributed by atoms with Gasteiger partial charge in [-0.1, -0.05) is 13.0 Å². The number of rotatable bonds is 4. The standard InChI is InChI=1S/C20H17N5O3/c1-2-8-25-17-15(19(27)24-20(25)28)10-13(11-22-17)18(26)23-14-5-6-16-12(9-14)4-3-7-21-16/h3-7,9-11H,2,8H2,1H3,(H,23,26)(H,24,27,28). The molecule has 0 spiro atoms. The van der Waals surface area contributed by atoms with E-state index in [1.54, 1.807) is 12.3 Å². The van der Waals surface area contributed by atoms with Gasteiger partial charge in [-0.2, -0.15) is 0 Å². The Balaban J connectivity index is 1.70. The first-order chi connectivity index (χ1) is 13.6. The minimum Gasteiger partial charge on any atom is -0.322 e. The van der Waals surface area contributed by atoms with Gasteiger partial charge in [-0.25, -0.2) is 9.78 Å². The predicted octanol–water partition coefficient (Wildman–Crippen LogP) is 2.30. The molecule has 0 saturated carbocycles. The lowest BCUT2D eigenvalue weighted by atomic mass is 10.2. The number of aryl methyl sites for hydroxylation is 1. The number of aromatic amines is 1. The number of nitrogens with zero attached hydrogens (tertiary/aromatic N) is 3. The topological polar surface area (TPSA) is 110 Å². The third-order valence-corrected chi connectivity index (χ3v) is 4.40. The number of carbonyl (C=O) groups is 1. The normalized spacial score (nSPS) is 11.0. The number of aromatic nitrogens is 4. The van der Waals surface area contributed by atoms with Crippen molar-refractivity contribution in [3.8, 4) is 0 Å². The molecule has 0 radical (unpaired) electrons. The molecule has 0 aliphatic carbocycles. The fourth-order valence-electron chi connectivity index (χ4n) is 3.08. The lowest BCUT2D eigenvalue weighted by Crippen LogP contribution is -2.31. The van der Waals surface area contributed by atoms with Gasteiger partial charge < -0.3 is 5.32 Å². The van der Waals surface area contributed by atoms with Gasteiger partial charge in [0.15, 0.2) is 0 Å². The van der Waals surface area contributed by atoms with Crippen LogP contribution in [0, 0.1) is 0 Å². The van der Waals surface area contributed by atoms with Crippen LogP contribution in [-0.2, 0) is 6.54 Å². The van der Waals surface area contributed by atoms with Crippen LogP contribution in [0.25, 0.3) is 21.9 Å². The summed E-state index contributed by atoms with van der Waals surface area (Å²) in [5, 5.41) is 3.90. The van der Waals surface area contributed by atoms with E-state index in [4.69, 9.17) is 0 Å². The van der Waals surface area contributed by atoms with E-state index in [1.807, 2.05) is 31.2 Å². The van der Waals surface area contributed by atoms with E-state index >= 15 is 0 Å². The smallest absolute Gasteiger partial charge is 0.322 e. The van der Waals surface area contributed by atoms with Crippen molar-refractivity contribution in [1.29, 1.82) is 0 Å². The molecule has 2 N–H and O–H groups in total. The zero-order valence-corrected chi connectivity index (χ0v) is 15.1. The third kappa shape index (κ3) is 3.16. The highest BCUT2D eigenvalue weighted by Crippen LogP contribution is 2.18. The van der Waals surface area contributed by atoms with E-state index in [1.165, 1.54) is 16.8 Å². The number of carbonyl (C=O) groups excluding carboxylic acids is 1. The molecule has 0 unspecified atom stereocenters. The Kier molecular flexibility index (Phi) is 4.44. The largest absolute Gasteiger partial charge is 0.329 e. The van der Waals surface area contributed by atoms with Gasteiger partial charge in [0.05, 0.1) is 16.5 Å². The highest BCUT2D eigenvalue weighted by Gasteiger charge is 2.13. The number of H-pyrrole nitrogens is 1. The summed E-state index contributed by atoms with van der Waals surface area (Å²) >= 11 is 0. The molecule has 28 heavy (non-hydrogen) atoms. The van der Waals surface area contributed by atoms with Gasteiger partial charge in [-0.3, -0.25) is 24.1 Å². The van der Waals surface area contributed by atoms with Gasteiger partial charge in [0.2, 0.25) is 0 Å². The van der Waals surface area contributed by atoms with E-state index < -0.39 is 17.2 Å². The number of amides is 1. The number of benzene rings is 1. The monoisotopic (exact) mass is 375 g/mol. The summed E-state index contributed by atoms with van der Waals surface area (Å²) < 4.78 is 1.40. The lowest BCUT2D eigenvalue weighted by molar-refractivity contribution is 0.102. The van der Waals surface area contributed by atoms with Crippen molar-refractivity contribution < 1.29 is 4.79 Å². The molecule has 8 nitrogen and oxygen atoms in total. The van der Waals surface area contributed by atoms with Crippen LogP contribution in [0.15, 0.2) is 58.4 Å². The van der Waals surface area contributed by atoms with Crippen LogP contribution in [0.5, 0.6) is 0 Å². The summed E-state index contributed by atoms with van der Waals surface area (Å²) in [6, 6.07) is 10.6. The molecule has 140 valence electrons. The number of hydrogen-bond donors (Lipinski definition) is 2. The zero-order valence-electron chi connectivity index (χ0n) is 15.1. The Hall–Kier alpha value is -3.81. The van der Waals surface area contributed by atoms with E-state index in [2.05, 4.69) is 20.3 Å². The molecule has 0 bridgehead atoms. The summed E-state index contributed by atoms with van der Waals surface area (Å²) in [5.74, 6) is -0.398. The molecule has 0 atom stereocenters. The van der Waals surface area contributed by atoms with Crippen molar-refractivity contribution in [2.45, 2.75) is 19.9 Å². The number of fused-ring (bicyclic) bond motifs is 2. The van der Waals surface area contributed by atoms with Crippen molar-refractivity contribution >= 4 is 33.5 Å². The molecule has 1 aromatic carbocycles. The Bertz CT molecular complexity index is 1320. The lowest BCUT2D eigenvalue weighted by Gasteiger charge is -2.09. The van der Waals surface area contributed by atoms with Gasteiger partial charge >= 0.3 is 5.69 Å². The summed E-state index contributed by atoms with van der Waals surface area (Å²) in [6.45, 7) is 2.35. The minimum atomic E-state index is -0.564. The molecule has 0 fully saturated rings. The van der Waals surface area contributed by atoms with E-state index in [0.29, 0.717) is 18.7 Å². The molecule has 4 rings (SSSR count). The summed E-state index contributed by atoms with van der Waals surface area (Å²) in [5.41, 5.74) is 0.860. The second kappa shape index (κ2) is 7.07. The molecular weight excluding hydrogens is 358 g/mol. The second-order valence-electron chi connectivity index (χ2n) is 6.37. The maximum atomic E-state index is 12.6. The number of anilines is 1. The molecule has 3 heterocycles. The maximum absolute atomic E-state index is 12.6. The van der Waals surface area contributed by atoms with E-state index in [0.717, 1.165) is 10.9 Å². The summed E-state index contributed by atoms with van der Waals surface area (Å²) in [4.78, 5) is 47.5. The molecule has 3 aromatic heterocycles. The fourth-order valence-corrected chi connectivity index (χ4v) is 3.08. The average molecular weight is 375 g/mol. The Labute approximate surface area is 158 Å². The average Bonchev–Trinajstić information content (AvgIpc) is 2.70. The number of hydrogen-bond acceptors (Lipinski definition) is 5. The first-order valence-corrected chi connectivity index (χ1v) is 8.86. The van der Waals surface area contributed by atoms with Crippen LogP contribution in [0.2, 0.25) is 0 Å². The third-order valence-electron chi connectivity index (χ3n) is 4.40. The first-order valence-electron chi connectivity index (χ1n) is 8.86. The Morgan fingerprint density at radius 3 is 2.86 bits per heavy atom. The van der Waals surface area contributed by atoms with Gasteiger partial charge in [-0.05, 0) is 36.8 Å². The minimum absolute atomic E-state index is 0.198. The number of pyridine rings is 2. The van der Waals surface area contributed by atoms with Crippen LogP contribution < -0.4 is 16.6 Å². The van der Waals surface area contributed by atoms with Crippen molar-refractivity contribution in [3.63, 3.8) is 0 Å². The summed E-state index contributed by atoms with van der Waals surface area (Å²) in [7, 11) is 0. The molecule has 8 heteroatoms. The van der Waals surface area contributed by atoms with Gasteiger partial charge in [0.1, 0.15) is 5.65 Å². The van der Waals surface area contributed by atoms with Crippen molar-refractivity contribution in [1.82, 2.24) is 19.5 Å². The highest BCUT2D eigenvalue weighted by atomic mass is 16.2. The van der Waals surface area contributed by atoms with Crippen LogP contribution in [-0.4, -0.2) is 25.4 Å². The van der Waals surface area contributed by atoms with Crippen LogP contribution in [0.3, 0.4) is 0 Å². The Morgan fingerprint density at radius 2 is 2.04 bits per heavy atom.